The molecule has 0 bridgehead atoms. The monoisotopic (exact) mass is 463 g/mol. The molecule has 0 atom stereocenters. The molecule has 1 heterocycles. The Kier molecular flexibility index (Phi) is 6.34. The summed E-state index contributed by atoms with van der Waals surface area (Å²) in [6.07, 6.45) is 1.77. The van der Waals surface area contributed by atoms with Crippen LogP contribution in [-0.2, 0) is 6.61 Å². The highest BCUT2D eigenvalue weighted by atomic mass is 79.9. The van der Waals surface area contributed by atoms with Crippen LogP contribution in [0.4, 0.5) is 5.13 Å². The van der Waals surface area contributed by atoms with Crippen molar-refractivity contribution in [3.8, 4) is 17.0 Å². The van der Waals surface area contributed by atoms with Crippen molar-refractivity contribution in [2.45, 2.75) is 6.61 Å². The molecule has 0 saturated carbocycles. The van der Waals surface area contributed by atoms with Gasteiger partial charge in [-0.15, -0.1) is 11.3 Å². The molecule has 0 fully saturated rings. The van der Waals surface area contributed by atoms with Crippen LogP contribution in [0.15, 0.2) is 93.8 Å². The number of hydrogen-bond acceptors (Lipinski definition) is 5. The number of anilines is 1. The minimum atomic E-state index is 0.538. The zero-order valence-electron chi connectivity index (χ0n) is 15.5. The first kappa shape index (κ1) is 19.4. The van der Waals surface area contributed by atoms with Gasteiger partial charge in [0.15, 0.2) is 0 Å². The summed E-state index contributed by atoms with van der Waals surface area (Å²) >= 11 is 4.96. The second kappa shape index (κ2) is 9.49. The Balaban J connectivity index is 1.30. The quantitative estimate of drug-likeness (QED) is 0.248. The van der Waals surface area contributed by atoms with Crippen molar-refractivity contribution < 1.29 is 4.74 Å². The fourth-order valence-corrected chi connectivity index (χ4v) is 3.56. The maximum absolute atomic E-state index is 5.82. The summed E-state index contributed by atoms with van der Waals surface area (Å²) in [6.45, 7) is 0.538. The first-order valence-corrected chi connectivity index (χ1v) is 10.7. The van der Waals surface area contributed by atoms with Crippen molar-refractivity contribution in [1.29, 1.82) is 0 Å². The minimum Gasteiger partial charge on any atom is -0.489 e. The Morgan fingerprint density at radius 3 is 2.48 bits per heavy atom. The topological polar surface area (TPSA) is 46.5 Å². The van der Waals surface area contributed by atoms with E-state index in [9.17, 15) is 0 Å². The molecule has 144 valence electrons. The van der Waals surface area contributed by atoms with E-state index < -0.39 is 0 Å². The van der Waals surface area contributed by atoms with Crippen LogP contribution in [0.2, 0.25) is 0 Å². The van der Waals surface area contributed by atoms with Crippen LogP contribution >= 0.6 is 27.3 Å². The number of benzene rings is 3. The van der Waals surface area contributed by atoms with E-state index in [1.54, 1.807) is 6.21 Å². The Morgan fingerprint density at radius 2 is 1.72 bits per heavy atom. The molecule has 29 heavy (non-hydrogen) atoms. The highest BCUT2D eigenvalue weighted by Gasteiger charge is 2.03. The van der Waals surface area contributed by atoms with Crippen molar-refractivity contribution >= 4 is 38.6 Å². The molecule has 6 heteroatoms. The molecule has 1 aromatic heterocycles. The Labute approximate surface area is 182 Å². The number of ether oxygens (including phenoxy) is 1. The van der Waals surface area contributed by atoms with Crippen LogP contribution < -0.4 is 10.2 Å². The number of thiazole rings is 1. The van der Waals surface area contributed by atoms with E-state index in [1.165, 1.54) is 11.3 Å². The molecule has 0 unspecified atom stereocenters. The second-order valence-corrected chi connectivity index (χ2v) is 8.03. The first-order valence-electron chi connectivity index (χ1n) is 9.03. The number of hydrazone groups is 1. The van der Waals surface area contributed by atoms with Crippen molar-refractivity contribution in [1.82, 2.24) is 4.98 Å². The SMILES string of the molecule is Brc1ccc(COc2ccc(/C=N\Nc3nc(-c4ccccc4)cs3)cc2)cc1. The van der Waals surface area contributed by atoms with Crippen molar-refractivity contribution in [2.24, 2.45) is 5.10 Å². The summed E-state index contributed by atoms with van der Waals surface area (Å²) in [4.78, 5) is 4.56. The van der Waals surface area contributed by atoms with Crippen LogP contribution in [0.5, 0.6) is 5.75 Å². The van der Waals surface area contributed by atoms with Gasteiger partial charge in [-0.05, 0) is 47.5 Å². The van der Waals surface area contributed by atoms with Crippen LogP contribution in [0.3, 0.4) is 0 Å². The standard InChI is InChI=1S/C23H18BrN3OS/c24-20-10-6-18(7-11-20)15-28-21-12-8-17(9-13-21)14-25-27-23-26-22(16-29-23)19-4-2-1-3-5-19/h1-14,16H,15H2,(H,26,27)/b25-14-. The lowest BCUT2D eigenvalue weighted by Gasteiger charge is -2.06. The summed E-state index contributed by atoms with van der Waals surface area (Å²) < 4.78 is 6.88. The van der Waals surface area contributed by atoms with Crippen LogP contribution in [0.1, 0.15) is 11.1 Å². The summed E-state index contributed by atoms with van der Waals surface area (Å²) in [6, 6.07) is 26.0. The van der Waals surface area contributed by atoms with Crippen LogP contribution in [-0.4, -0.2) is 11.2 Å². The number of rotatable bonds is 7. The zero-order chi connectivity index (χ0) is 19.9. The fraction of sp³-hybridized carbons (Fsp3) is 0.0435. The number of halogens is 1. The lowest BCUT2D eigenvalue weighted by atomic mass is 10.2. The predicted octanol–water partition coefficient (Wildman–Crippen LogP) is 6.60. The maximum Gasteiger partial charge on any atom is 0.203 e. The molecule has 0 aliphatic rings. The largest absolute Gasteiger partial charge is 0.489 e. The van der Waals surface area contributed by atoms with E-state index in [4.69, 9.17) is 4.74 Å². The molecule has 0 radical (unpaired) electrons. The van der Waals surface area contributed by atoms with Gasteiger partial charge >= 0.3 is 0 Å². The van der Waals surface area contributed by atoms with E-state index in [-0.39, 0.29) is 0 Å². The number of nitrogens with one attached hydrogen (secondary N) is 1. The van der Waals surface area contributed by atoms with Gasteiger partial charge in [0, 0.05) is 15.4 Å². The molecule has 4 rings (SSSR count). The first-order chi connectivity index (χ1) is 14.3. The van der Waals surface area contributed by atoms with Gasteiger partial charge in [-0.3, -0.25) is 5.43 Å². The van der Waals surface area contributed by atoms with Crippen LogP contribution in [0.25, 0.3) is 11.3 Å². The van der Waals surface area contributed by atoms with Gasteiger partial charge in [0.1, 0.15) is 12.4 Å². The zero-order valence-corrected chi connectivity index (χ0v) is 17.9. The molecule has 4 aromatic rings. The Hall–Kier alpha value is -2.96. The van der Waals surface area contributed by atoms with Gasteiger partial charge in [0.25, 0.3) is 0 Å². The minimum absolute atomic E-state index is 0.538. The maximum atomic E-state index is 5.82. The molecule has 0 aliphatic heterocycles. The summed E-state index contributed by atoms with van der Waals surface area (Å²) in [5, 5.41) is 7.06. The Morgan fingerprint density at radius 1 is 0.966 bits per heavy atom. The lowest BCUT2D eigenvalue weighted by molar-refractivity contribution is 0.306. The fourth-order valence-electron chi connectivity index (χ4n) is 2.63. The Bertz CT molecular complexity index is 1080. The van der Waals surface area contributed by atoms with Crippen molar-refractivity contribution in [3.63, 3.8) is 0 Å². The highest BCUT2D eigenvalue weighted by molar-refractivity contribution is 9.10. The number of aromatic nitrogens is 1. The van der Waals surface area contributed by atoms with E-state index >= 15 is 0 Å². The molecule has 0 spiro atoms. The molecule has 0 aliphatic carbocycles. The third-order valence-electron chi connectivity index (χ3n) is 4.15. The normalized spacial score (nSPS) is 10.9. The molecule has 3 aromatic carbocycles. The second-order valence-electron chi connectivity index (χ2n) is 6.26. The number of hydrogen-bond donors (Lipinski definition) is 1. The van der Waals surface area contributed by atoms with Gasteiger partial charge in [-0.25, -0.2) is 4.98 Å². The van der Waals surface area contributed by atoms with E-state index in [0.717, 1.165) is 37.7 Å². The molecule has 0 saturated heterocycles. The van der Waals surface area contributed by atoms with Gasteiger partial charge in [0.2, 0.25) is 5.13 Å². The molecular formula is C23H18BrN3OS. The number of nitrogens with zero attached hydrogens (tertiary/aromatic N) is 2. The van der Waals surface area contributed by atoms with E-state index in [1.807, 2.05) is 84.2 Å². The summed E-state index contributed by atoms with van der Waals surface area (Å²) in [7, 11) is 0. The summed E-state index contributed by atoms with van der Waals surface area (Å²) in [5.74, 6) is 0.824. The average Bonchev–Trinajstić information content (AvgIpc) is 3.24. The van der Waals surface area contributed by atoms with Gasteiger partial charge in [-0.1, -0.05) is 58.4 Å². The van der Waals surface area contributed by atoms with Crippen LogP contribution in [0, 0.1) is 0 Å². The van der Waals surface area contributed by atoms with Gasteiger partial charge in [0.05, 0.1) is 11.9 Å². The lowest BCUT2D eigenvalue weighted by Crippen LogP contribution is -1.95. The molecule has 0 amide bonds. The average molecular weight is 464 g/mol. The van der Waals surface area contributed by atoms with Crippen molar-refractivity contribution in [2.75, 3.05) is 5.43 Å². The predicted molar refractivity (Wildman–Crippen MR) is 124 cm³/mol. The van der Waals surface area contributed by atoms with E-state index in [0.29, 0.717) is 6.61 Å². The molecule has 4 nitrogen and oxygen atoms in total. The third kappa shape index (κ3) is 5.53. The highest BCUT2D eigenvalue weighted by Crippen LogP contribution is 2.24. The van der Waals surface area contributed by atoms with Gasteiger partial charge < -0.3 is 4.74 Å². The van der Waals surface area contributed by atoms with E-state index in [2.05, 4.69) is 31.4 Å². The molecule has 1 N–H and O–H groups in total. The smallest absolute Gasteiger partial charge is 0.203 e. The third-order valence-corrected chi connectivity index (χ3v) is 5.42. The molecular weight excluding hydrogens is 446 g/mol. The van der Waals surface area contributed by atoms with Gasteiger partial charge in [-0.2, -0.15) is 5.10 Å². The summed E-state index contributed by atoms with van der Waals surface area (Å²) in [5.41, 5.74) is 7.14. The van der Waals surface area contributed by atoms with Crippen molar-refractivity contribution in [3.05, 3.63) is 99.8 Å².